The van der Waals surface area contributed by atoms with Gasteiger partial charge in [0.15, 0.2) is 0 Å². The molecule has 1 saturated carbocycles. The van der Waals surface area contributed by atoms with Crippen LogP contribution in [0, 0.1) is 0 Å². The number of hydrogen-bond acceptors (Lipinski definition) is 5. The Bertz CT molecular complexity index is 579. The first kappa shape index (κ1) is 12.6. The number of carbonyl (C=O) groups excluding carboxylic acids is 2. The molecule has 3 heterocycles. The molecule has 7 heteroatoms. The minimum Gasteiger partial charge on any atom is -0.352 e. The van der Waals surface area contributed by atoms with Gasteiger partial charge in [-0.3, -0.25) is 9.69 Å². The maximum absolute atomic E-state index is 11.7. The van der Waals surface area contributed by atoms with E-state index >= 15 is 0 Å². The molecule has 3 aliphatic rings. The van der Waals surface area contributed by atoms with Gasteiger partial charge in [0.2, 0.25) is 5.91 Å². The van der Waals surface area contributed by atoms with Gasteiger partial charge < -0.3 is 10.2 Å². The fourth-order valence-electron chi connectivity index (χ4n) is 3.07. The highest BCUT2D eigenvalue weighted by atomic mass is 16.2. The fraction of sp³-hybridized carbons (Fsp3) is 0.571. The number of anilines is 1. The smallest absolute Gasteiger partial charge is 0.324 e. The minimum absolute atomic E-state index is 0.0397. The maximum Gasteiger partial charge on any atom is 0.324 e. The Morgan fingerprint density at radius 3 is 2.62 bits per heavy atom. The van der Waals surface area contributed by atoms with Crippen LogP contribution in [0.15, 0.2) is 12.4 Å². The van der Waals surface area contributed by atoms with Gasteiger partial charge in [0.05, 0.1) is 12.6 Å². The predicted octanol–water partition coefficient (Wildman–Crippen LogP) is 0.484. The molecule has 1 aromatic rings. The van der Waals surface area contributed by atoms with E-state index in [-0.39, 0.29) is 24.5 Å². The van der Waals surface area contributed by atoms with Crippen LogP contribution in [-0.4, -0.2) is 52.5 Å². The van der Waals surface area contributed by atoms with Crippen LogP contribution in [0.25, 0.3) is 0 Å². The van der Waals surface area contributed by atoms with Crippen LogP contribution >= 0.6 is 0 Å². The van der Waals surface area contributed by atoms with Gasteiger partial charge >= 0.3 is 6.03 Å². The molecule has 1 aromatic heterocycles. The molecule has 21 heavy (non-hydrogen) atoms. The molecule has 3 amide bonds. The van der Waals surface area contributed by atoms with E-state index in [9.17, 15) is 9.59 Å². The number of nitrogens with one attached hydrogen (secondary N) is 1. The summed E-state index contributed by atoms with van der Waals surface area (Å²) in [6.07, 6.45) is 5.31. The Labute approximate surface area is 122 Å². The van der Waals surface area contributed by atoms with Crippen LogP contribution in [0.3, 0.4) is 0 Å². The molecule has 0 radical (unpaired) electrons. The molecule has 0 atom stereocenters. The summed E-state index contributed by atoms with van der Waals surface area (Å²) >= 11 is 0. The number of imide groups is 1. The van der Waals surface area contributed by atoms with Crippen molar-refractivity contribution in [2.75, 3.05) is 24.5 Å². The Hall–Kier alpha value is -2.18. The highest BCUT2D eigenvalue weighted by Gasteiger charge is 2.41. The van der Waals surface area contributed by atoms with Crippen molar-refractivity contribution < 1.29 is 9.59 Å². The van der Waals surface area contributed by atoms with Crippen molar-refractivity contribution in [2.45, 2.75) is 31.2 Å². The number of nitrogens with zero attached hydrogens (tertiary/aromatic N) is 4. The predicted molar refractivity (Wildman–Crippen MR) is 74.9 cm³/mol. The van der Waals surface area contributed by atoms with Crippen molar-refractivity contribution in [3.63, 3.8) is 0 Å². The van der Waals surface area contributed by atoms with Crippen LogP contribution in [0.2, 0.25) is 0 Å². The summed E-state index contributed by atoms with van der Waals surface area (Å²) in [7, 11) is 0. The lowest BCUT2D eigenvalue weighted by atomic mass is 9.83. The monoisotopic (exact) mass is 287 g/mol. The van der Waals surface area contributed by atoms with Gasteiger partial charge in [0, 0.05) is 30.8 Å². The quantitative estimate of drug-likeness (QED) is 0.818. The minimum atomic E-state index is -0.275. The second-order valence-electron chi connectivity index (χ2n) is 5.91. The number of carbonyl (C=O) groups is 2. The molecule has 7 nitrogen and oxygen atoms in total. The third kappa shape index (κ3) is 2.03. The molecular weight excluding hydrogens is 270 g/mol. The van der Waals surface area contributed by atoms with Crippen molar-refractivity contribution in [1.29, 1.82) is 0 Å². The molecule has 1 aliphatic carbocycles. The zero-order valence-corrected chi connectivity index (χ0v) is 11.7. The number of aromatic nitrogens is 2. The van der Waals surface area contributed by atoms with Gasteiger partial charge in [0.1, 0.15) is 12.1 Å². The Kier molecular flexibility index (Phi) is 2.80. The van der Waals surface area contributed by atoms with E-state index in [0.717, 1.165) is 11.5 Å². The van der Waals surface area contributed by atoms with Crippen LogP contribution in [0.4, 0.5) is 10.6 Å². The molecule has 110 valence electrons. The molecular formula is C14H17N5O2. The van der Waals surface area contributed by atoms with E-state index in [0.29, 0.717) is 19.0 Å². The number of amides is 3. The largest absolute Gasteiger partial charge is 0.352 e. The lowest BCUT2D eigenvalue weighted by molar-refractivity contribution is -0.126. The molecule has 1 N–H and O–H groups in total. The molecule has 0 spiro atoms. The maximum atomic E-state index is 11.7. The van der Waals surface area contributed by atoms with E-state index in [1.165, 1.54) is 24.2 Å². The number of urea groups is 1. The first-order valence-corrected chi connectivity index (χ1v) is 7.39. The van der Waals surface area contributed by atoms with Crippen LogP contribution in [-0.2, 0) is 4.79 Å². The second-order valence-corrected chi connectivity index (χ2v) is 5.91. The lowest BCUT2D eigenvalue weighted by Crippen LogP contribution is -2.61. The van der Waals surface area contributed by atoms with Crippen molar-refractivity contribution in [3.8, 4) is 0 Å². The third-order valence-corrected chi connectivity index (χ3v) is 4.63. The van der Waals surface area contributed by atoms with E-state index in [4.69, 9.17) is 0 Å². The first-order chi connectivity index (χ1) is 10.2. The van der Waals surface area contributed by atoms with Crippen LogP contribution in [0.1, 0.15) is 30.9 Å². The van der Waals surface area contributed by atoms with Gasteiger partial charge in [-0.25, -0.2) is 14.8 Å². The van der Waals surface area contributed by atoms with E-state index in [2.05, 4.69) is 20.2 Å². The summed E-state index contributed by atoms with van der Waals surface area (Å²) in [6.45, 7) is 1.43. The van der Waals surface area contributed by atoms with Crippen molar-refractivity contribution in [1.82, 2.24) is 20.2 Å². The van der Waals surface area contributed by atoms with Crippen molar-refractivity contribution >= 4 is 17.8 Å². The third-order valence-electron chi connectivity index (χ3n) is 4.63. The topological polar surface area (TPSA) is 78.4 Å². The summed E-state index contributed by atoms with van der Waals surface area (Å²) in [6, 6.07) is 1.73. The van der Waals surface area contributed by atoms with Crippen molar-refractivity contribution in [3.05, 3.63) is 18.1 Å². The normalized spacial score (nSPS) is 23.0. The summed E-state index contributed by atoms with van der Waals surface area (Å²) in [5, 5.41) is 2.56. The summed E-state index contributed by atoms with van der Waals surface area (Å²) in [4.78, 5) is 35.3. The SMILES string of the molecule is O=C1CNC(=O)N1C1CN(c2cc(C3CCC3)ncn2)C1. The zero-order valence-electron chi connectivity index (χ0n) is 11.7. The van der Waals surface area contributed by atoms with Gasteiger partial charge in [-0.15, -0.1) is 0 Å². The Morgan fingerprint density at radius 1 is 1.19 bits per heavy atom. The standard InChI is InChI=1S/C14H17N5O2/c20-13-5-15-14(21)19(13)10-6-18(7-10)12-4-11(16-8-17-12)9-2-1-3-9/h4,8-10H,1-3,5-7H2,(H,15,21). The lowest BCUT2D eigenvalue weighted by Gasteiger charge is -2.43. The highest BCUT2D eigenvalue weighted by molar-refractivity contribution is 6.02. The molecule has 2 saturated heterocycles. The molecule has 3 fully saturated rings. The average Bonchev–Trinajstić information content (AvgIpc) is 2.68. The molecule has 0 aromatic carbocycles. The zero-order chi connectivity index (χ0) is 14.4. The molecule has 0 bridgehead atoms. The fourth-order valence-corrected chi connectivity index (χ4v) is 3.07. The first-order valence-electron chi connectivity index (χ1n) is 7.39. The van der Waals surface area contributed by atoms with E-state index in [1.54, 1.807) is 6.33 Å². The highest BCUT2D eigenvalue weighted by Crippen LogP contribution is 2.36. The Morgan fingerprint density at radius 2 is 2.00 bits per heavy atom. The average molecular weight is 287 g/mol. The second kappa shape index (κ2) is 4.68. The van der Waals surface area contributed by atoms with Crippen molar-refractivity contribution in [2.24, 2.45) is 0 Å². The molecule has 0 unspecified atom stereocenters. The van der Waals surface area contributed by atoms with Crippen LogP contribution < -0.4 is 10.2 Å². The van der Waals surface area contributed by atoms with Gasteiger partial charge in [0.25, 0.3) is 0 Å². The molecule has 4 rings (SSSR count). The van der Waals surface area contributed by atoms with E-state index in [1.807, 2.05) is 6.07 Å². The Balaban J connectivity index is 1.43. The number of hydrogen-bond donors (Lipinski definition) is 1. The van der Waals surface area contributed by atoms with Gasteiger partial charge in [-0.2, -0.15) is 0 Å². The summed E-state index contributed by atoms with van der Waals surface area (Å²) in [5.41, 5.74) is 1.12. The van der Waals surface area contributed by atoms with Gasteiger partial charge in [-0.05, 0) is 12.8 Å². The summed E-state index contributed by atoms with van der Waals surface area (Å²) < 4.78 is 0. The van der Waals surface area contributed by atoms with Crippen LogP contribution in [0.5, 0.6) is 0 Å². The van der Waals surface area contributed by atoms with E-state index < -0.39 is 0 Å². The summed E-state index contributed by atoms with van der Waals surface area (Å²) in [5.74, 6) is 1.34. The number of rotatable bonds is 3. The molecule has 2 aliphatic heterocycles. The van der Waals surface area contributed by atoms with Gasteiger partial charge in [-0.1, -0.05) is 6.42 Å².